The van der Waals surface area contributed by atoms with Crippen LogP contribution >= 0.6 is 0 Å². The van der Waals surface area contributed by atoms with E-state index in [1.165, 1.54) is 12.1 Å². The van der Waals surface area contributed by atoms with Gasteiger partial charge in [-0.2, -0.15) is 13.2 Å². The summed E-state index contributed by atoms with van der Waals surface area (Å²) in [5.74, 6) is -2.21. The van der Waals surface area contributed by atoms with Gasteiger partial charge in [0, 0.05) is 5.69 Å². The maximum Gasteiger partial charge on any atom is 0.418 e. The summed E-state index contributed by atoms with van der Waals surface area (Å²) in [6.07, 6.45) is -4.63. The number of para-hydroxylation sites is 1. The van der Waals surface area contributed by atoms with Gasteiger partial charge in [0.2, 0.25) is 0 Å². The number of rotatable bonds is 2. The minimum Gasteiger partial charge on any atom is -0.318 e. The summed E-state index contributed by atoms with van der Waals surface area (Å²) in [6.45, 7) is 3.60. The molecule has 2 rings (SSSR count). The predicted octanol–water partition coefficient (Wildman–Crippen LogP) is 3.90. The Labute approximate surface area is 136 Å². The number of nitrogens with one attached hydrogen (secondary N) is 2. The summed E-state index contributed by atoms with van der Waals surface area (Å²) in [5.41, 5.74) is 0.633. The maximum atomic E-state index is 12.9. The number of carbonyl (C=O) groups is 2. The zero-order valence-corrected chi connectivity index (χ0v) is 13.0. The second-order valence-corrected chi connectivity index (χ2v) is 5.20. The van der Waals surface area contributed by atoms with E-state index in [0.29, 0.717) is 5.69 Å². The van der Waals surface area contributed by atoms with Crippen LogP contribution in [0.3, 0.4) is 0 Å². The molecule has 0 aromatic heterocycles. The lowest BCUT2D eigenvalue weighted by Gasteiger charge is -2.14. The normalized spacial score (nSPS) is 11.0. The maximum absolute atomic E-state index is 12.9. The predicted molar refractivity (Wildman–Crippen MR) is 84.6 cm³/mol. The lowest BCUT2D eigenvalue weighted by molar-refractivity contribution is -0.137. The Bertz CT molecular complexity index is 786. The van der Waals surface area contributed by atoms with E-state index in [1.54, 1.807) is 19.1 Å². The summed E-state index contributed by atoms with van der Waals surface area (Å²) >= 11 is 0. The van der Waals surface area contributed by atoms with E-state index in [9.17, 15) is 22.8 Å². The van der Waals surface area contributed by atoms with Crippen molar-refractivity contribution in [1.82, 2.24) is 0 Å². The van der Waals surface area contributed by atoms with Gasteiger partial charge in [-0.3, -0.25) is 9.59 Å². The zero-order chi connectivity index (χ0) is 17.9. The smallest absolute Gasteiger partial charge is 0.318 e. The Balaban J connectivity index is 2.16. The Morgan fingerprint density at radius 3 is 2.00 bits per heavy atom. The number of anilines is 2. The fourth-order valence-corrected chi connectivity index (χ4v) is 2.08. The number of hydrogen-bond donors (Lipinski definition) is 2. The molecular weight excluding hydrogens is 321 g/mol. The van der Waals surface area contributed by atoms with Crippen molar-refractivity contribution >= 4 is 23.2 Å². The van der Waals surface area contributed by atoms with E-state index in [2.05, 4.69) is 5.32 Å². The van der Waals surface area contributed by atoms with E-state index in [4.69, 9.17) is 0 Å². The minimum absolute atomic E-state index is 0.430. The Kier molecular flexibility index (Phi) is 4.92. The molecule has 4 nitrogen and oxygen atoms in total. The third kappa shape index (κ3) is 3.92. The highest BCUT2D eigenvalue weighted by atomic mass is 19.4. The molecule has 0 aliphatic carbocycles. The molecule has 24 heavy (non-hydrogen) atoms. The molecule has 0 aliphatic rings. The van der Waals surface area contributed by atoms with Gasteiger partial charge in [-0.1, -0.05) is 24.3 Å². The first-order valence-electron chi connectivity index (χ1n) is 7.05. The lowest BCUT2D eigenvalue weighted by atomic mass is 10.1. The standard InChI is InChI=1S/C17H15F3N2O2/c1-10-6-5-9-13(11(10)2)21-15(23)16(24)22-14-8-4-3-7-12(14)17(18,19)20/h3-9H,1-2H3,(H,21,23)(H,22,24). The van der Waals surface area contributed by atoms with E-state index in [1.807, 2.05) is 18.3 Å². The van der Waals surface area contributed by atoms with E-state index in [-0.39, 0.29) is 0 Å². The van der Waals surface area contributed by atoms with Crippen LogP contribution in [0.15, 0.2) is 42.5 Å². The lowest BCUT2D eigenvalue weighted by Crippen LogP contribution is -2.30. The van der Waals surface area contributed by atoms with Crippen molar-refractivity contribution in [3.05, 3.63) is 59.2 Å². The molecule has 0 atom stereocenters. The van der Waals surface area contributed by atoms with Gasteiger partial charge in [0.15, 0.2) is 0 Å². The van der Waals surface area contributed by atoms with Gasteiger partial charge < -0.3 is 10.6 Å². The molecule has 2 N–H and O–H groups in total. The van der Waals surface area contributed by atoms with E-state index in [0.717, 1.165) is 23.3 Å². The summed E-state index contributed by atoms with van der Waals surface area (Å²) in [6, 6.07) is 9.61. The van der Waals surface area contributed by atoms with E-state index >= 15 is 0 Å². The average molecular weight is 336 g/mol. The largest absolute Gasteiger partial charge is 0.418 e. The quantitative estimate of drug-likeness (QED) is 0.817. The summed E-state index contributed by atoms with van der Waals surface area (Å²) in [4.78, 5) is 23.8. The van der Waals surface area contributed by atoms with Gasteiger partial charge in [-0.05, 0) is 43.2 Å². The summed E-state index contributed by atoms with van der Waals surface area (Å²) in [5, 5.41) is 4.40. The third-order valence-electron chi connectivity index (χ3n) is 3.54. The fraction of sp³-hybridized carbons (Fsp3) is 0.176. The highest BCUT2D eigenvalue weighted by molar-refractivity contribution is 6.43. The highest BCUT2D eigenvalue weighted by Crippen LogP contribution is 2.34. The summed E-state index contributed by atoms with van der Waals surface area (Å²) < 4.78 is 38.7. The third-order valence-corrected chi connectivity index (χ3v) is 3.54. The molecule has 2 amide bonds. The van der Waals surface area contributed by atoms with Crippen molar-refractivity contribution in [1.29, 1.82) is 0 Å². The second-order valence-electron chi connectivity index (χ2n) is 5.20. The molecule has 0 spiro atoms. The van der Waals surface area contributed by atoms with Crippen molar-refractivity contribution < 1.29 is 22.8 Å². The number of halogens is 3. The molecule has 126 valence electrons. The Morgan fingerprint density at radius 2 is 1.38 bits per heavy atom. The molecule has 0 bridgehead atoms. The molecule has 0 saturated heterocycles. The molecule has 2 aromatic carbocycles. The van der Waals surface area contributed by atoms with Crippen LogP contribution in [-0.4, -0.2) is 11.8 Å². The van der Waals surface area contributed by atoms with Crippen molar-refractivity contribution in [2.45, 2.75) is 20.0 Å². The van der Waals surface area contributed by atoms with Crippen LogP contribution in [0.1, 0.15) is 16.7 Å². The monoisotopic (exact) mass is 336 g/mol. The molecule has 0 fully saturated rings. The van der Waals surface area contributed by atoms with E-state index < -0.39 is 29.2 Å². The van der Waals surface area contributed by atoms with Crippen LogP contribution in [0.5, 0.6) is 0 Å². The van der Waals surface area contributed by atoms with Crippen molar-refractivity contribution in [2.75, 3.05) is 10.6 Å². The van der Waals surface area contributed by atoms with Gasteiger partial charge in [0.1, 0.15) is 0 Å². The summed E-state index contributed by atoms with van der Waals surface area (Å²) in [7, 11) is 0. The molecule has 0 radical (unpaired) electrons. The fourth-order valence-electron chi connectivity index (χ4n) is 2.08. The van der Waals surface area contributed by atoms with Crippen LogP contribution in [-0.2, 0) is 15.8 Å². The first-order chi connectivity index (χ1) is 11.2. The van der Waals surface area contributed by atoms with Crippen molar-refractivity contribution in [3.8, 4) is 0 Å². The molecule has 0 unspecified atom stereocenters. The van der Waals surface area contributed by atoms with Gasteiger partial charge in [-0.25, -0.2) is 0 Å². The molecule has 0 aliphatic heterocycles. The minimum atomic E-state index is -4.63. The number of benzene rings is 2. The van der Waals surface area contributed by atoms with Crippen LogP contribution in [0.4, 0.5) is 24.5 Å². The Morgan fingerprint density at radius 1 is 0.833 bits per heavy atom. The first-order valence-corrected chi connectivity index (χ1v) is 7.05. The second kappa shape index (κ2) is 6.74. The van der Waals surface area contributed by atoms with Gasteiger partial charge in [-0.15, -0.1) is 0 Å². The Hall–Kier alpha value is -2.83. The van der Waals surface area contributed by atoms with Gasteiger partial charge in [0.05, 0.1) is 11.3 Å². The topological polar surface area (TPSA) is 58.2 Å². The number of aryl methyl sites for hydroxylation is 1. The van der Waals surface area contributed by atoms with Crippen LogP contribution < -0.4 is 10.6 Å². The van der Waals surface area contributed by atoms with Gasteiger partial charge in [0.25, 0.3) is 0 Å². The van der Waals surface area contributed by atoms with Gasteiger partial charge >= 0.3 is 18.0 Å². The molecule has 0 saturated carbocycles. The SMILES string of the molecule is Cc1cccc(NC(=O)C(=O)Nc2ccccc2C(F)(F)F)c1C. The van der Waals surface area contributed by atoms with Crippen molar-refractivity contribution in [2.24, 2.45) is 0 Å². The molecule has 0 heterocycles. The molecule has 2 aromatic rings. The number of amides is 2. The zero-order valence-electron chi connectivity index (χ0n) is 13.0. The number of carbonyl (C=O) groups excluding carboxylic acids is 2. The van der Waals surface area contributed by atoms with Crippen molar-refractivity contribution in [3.63, 3.8) is 0 Å². The number of alkyl halides is 3. The van der Waals surface area contributed by atoms with Crippen LogP contribution in [0, 0.1) is 13.8 Å². The highest BCUT2D eigenvalue weighted by Gasteiger charge is 2.34. The average Bonchev–Trinajstić information content (AvgIpc) is 2.51. The van der Waals surface area contributed by atoms with Crippen LogP contribution in [0.2, 0.25) is 0 Å². The molecule has 7 heteroatoms. The van der Waals surface area contributed by atoms with Crippen LogP contribution in [0.25, 0.3) is 0 Å². The first kappa shape index (κ1) is 17.5. The number of hydrogen-bond acceptors (Lipinski definition) is 2. The molecular formula is C17H15F3N2O2.